The van der Waals surface area contributed by atoms with E-state index in [-0.39, 0.29) is 23.5 Å². The molecule has 0 aliphatic heterocycles. The maximum Gasteiger partial charge on any atom is 0.513 e. The largest absolute Gasteiger partial charge is 0.513 e. The van der Waals surface area contributed by atoms with Crippen LogP contribution in [0.3, 0.4) is 0 Å². The van der Waals surface area contributed by atoms with Gasteiger partial charge in [0.1, 0.15) is 11.3 Å². The number of hydrogen-bond donors (Lipinski definition) is 0. The Balaban J connectivity index is 1.96. The molecule has 0 aromatic heterocycles. The van der Waals surface area contributed by atoms with Gasteiger partial charge in [0.25, 0.3) is 0 Å². The van der Waals surface area contributed by atoms with Gasteiger partial charge in [0, 0.05) is 0 Å². The molecule has 0 saturated carbocycles. The molecule has 0 spiro atoms. The molecule has 0 heterocycles. The quantitative estimate of drug-likeness (QED) is 0.254. The standard InChI is InChI=1S/C19H18O7/c1-2-3-13-23-19(22)24-16-12-8-7-11-15(16)18(21)26-25-17(20)14-9-5-4-6-10-14/h4-12H,2-3,13H2,1H3. The monoisotopic (exact) mass is 358 g/mol. The van der Waals surface area contributed by atoms with Crippen LogP contribution in [0.2, 0.25) is 0 Å². The lowest BCUT2D eigenvalue weighted by molar-refractivity contribution is -0.187. The lowest BCUT2D eigenvalue weighted by atomic mass is 10.2. The highest BCUT2D eigenvalue weighted by Crippen LogP contribution is 2.20. The summed E-state index contributed by atoms with van der Waals surface area (Å²) in [6, 6.07) is 13.9. The van der Waals surface area contributed by atoms with E-state index in [1.165, 1.54) is 24.3 Å². The van der Waals surface area contributed by atoms with Crippen molar-refractivity contribution in [3.05, 3.63) is 65.7 Å². The van der Waals surface area contributed by atoms with Crippen LogP contribution in [0.15, 0.2) is 54.6 Å². The van der Waals surface area contributed by atoms with E-state index in [4.69, 9.17) is 9.47 Å². The maximum absolute atomic E-state index is 12.1. The third-order valence-electron chi connectivity index (χ3n) is 3.22. The Morgan fingerprint density at radius 3 is 2.23 bits per heavy atom. The van der Waals surface area contributed by atoms with Crippen molar-refractivity contribution in [2.24, 2.45) is 0 Å². The van der Waals surface area contributed by atoms with Crippen molar-refractivity contribution in [3.63, 3.8) is 0 Å². The Bertz CT molecular complexity index is 755. The number of unbranched alkanes of at least 4 members (excludes halogenated alkanes) is 1. The number of carbonyl (C=O) groups excluding carboxylic acids is 3. The number of rotatable bonds is 6. The van der Waals surface area contributed by atoms with E-state index >= 15 is 0 Å². The van der Waals surface area contributed by atoms with Gasteiger partial charge in [0.2, 0.25) is 0 Å². The summed E-state index contributed by atoms with van der Waals surface area (Å²) in [7, 11) is 0. The Morgan fingerprint density at radius 1 is 0.846 bits per heavy atom. The number of benzene rings is 2. The van der Waals surface area contributed by atoms with Gasteiger partial charge in [0.15, 0.2) is 0 Å². The maximum atomic E-state index is 12.1. The van der Waals surface area contributed by atoms with Crippen molar-refractivity contribution in [3.8, 4) is 5.75 Å². The van der Waals surface area contributed by atoms with Crippen LogP contribution in [0.5, 0.6) is 5.75 Å². The van der Waals surface area contributed by atoms with Crippen LogP contribution in [-0.4, -0.2) is 24.7 Å². The average molecular weight is 358 g/mol. The lowest BCUT2D eigenvalue weighted by Gasteiger charge is -2.09. The summed E-state index contributed by atoms with van der Waals surface area (Å²) in [6.07, 6.45) is 0.636. The van der Waals surface area contributed by atoms with E-state index in [1.54, 1.807) is 30.3 Å². The molecule has 2 aromatic rings. The molecule has 2 rings (SSSR count). The van der Waals surface area contributed by atoms with Crippen LogP contribution in [0.1, 0.15) is 40.5 Å². The van der Waals surface area contributed by atoms with Crippen LogP contribution in [0, 0.1) is 0 Å². The third kappa shape index (κ3) is 5.62. The van der Waals surface area contributed by atoms with Crippen molar-refractivity contribution < 1.29 is 33.6 Å². The molecule has 7 heteroatoms. The van der Waals surface area contributed by atoms with E-state index in [2.05, 4.69) is 9.78 Å². The molecule has 0 aliphatic rings. The number of ether oxygens (including phenoxy) is 2. The topological polar surface area (TPSA) is 88.1 Å². The van der Waals surface area contributed by atoms with Crippen molar-refractivity contribution in [2.45, 2.75) is 19.8 Å². The molecule has 136 valence electrons. The molecule has 0 atom stereocenters. The SMILES string of the molecule is CCCCOC(=O)Oc1ccccc1C(=O)OOC(=O)c1ccccc1. The molecule has 26 heavy (non-hydrogen) atoms. The fourth-order valence-corrected chi connectivity index (χ4v) is 1.89. The zero-order chi connectivity index (χ0) is 18.8. The zero-order valence-electron chi connectivity index (χ0n) is 14.2. The molecule has 0 bridgehead atoms. The van der Waals surface area contributed by atoms with Crippen LogP contribution in [0.25, 0.3) is 0 Å². The fraction of sp³-hybridized carbons (Fsp3) is 0.211. The number of hydrogen-bond acceptors (Lipinski definition) is 7. The van der Waals surface area contributed by atoms with E-state index < -0.39 is 18.1 Å². The van der Waals surface area contributed by atoms with Gasteiger partial charge in [-0.25, -0.2) is 24.2 Å². The molecule has 7 nitrogen and oxygen atoms in total. The minimum atomic E-state index is -0.980. The van der Waals surface area contributed by atoms with Crippen molar-refractivity contribution >= 4 is 18.1 Å². The summed E-state index contributed by atoms with van der Waals surface area (Å²) in [5, 5.41) is 0. The van der Waals surface area contributed by atoms with Gasteiger partial charge in [0.05, 0.1) is 12.2 Å². The first-order valence-corrected chi connectivity index (χ1v) is 8.03. The van der Waals surface area contributed by atoms with Gasteiger partial charge >= 0.3 is 18.1 Å². The van der Waals surface area contributed by atoms with E-state index in [1.807, 2.05) is 6.92 Å². The average Bonchev–Trinajstić information content (AvgIpc) is 2.67. The summed E-state index contributed by atoms with van der Waals surface area (Å²) < 4.78 is 9.88. The summed E-state index contributed by atoms with van der Waals surface area (Å²) >= 11 is 0. The van der Waals surface area contributed by atoms with Crippen molar-refractivity contribution in [1.29, 1.82) is 0 Å². The first-order chi connectivity index (χ1) is 12.6. The minimum Gasteiger partial charge on any atom is -0.434 e. The first kappa shape index (κ1) is 19.0. The second kappa shape index (κ2) is 9.83. The normalized spacial score (nSPS) is 9.88. The van der Waals surface area contributed by atoms with Crippen LogP contribution in [0.4, 0.5) is 4.79 Å². The van der Waals surface area contributed by atoms with Gasteiger partial charge in [-0.15, -0.1) is 0 Å². The fourth-order valence-electron chi connectivity index (χ4n) is 1.89. The molecule has 0 N–H and O–H groups in total. The number of carbonyl (C=O) groups is 3. The van der Waals surface area contributed by atoms with Crippen LogP contribution >= 0.6 is 0 Å². The third-order valence-corrected chi connectivity index (χ3v) is 3.22. The molecule has 2 aromatic carbocycles. The Hall–Kier alpha value is -3.35. The Morgan fingerprint density at radius 2 is 1.50 bits per heavy atom. The molecule has 0 aliphatic carbocycles. The lowest BCUT2D eigenvalue weighted by Crippen LogP contribution is -2.16. The number of para-hydroxylation sites is 1. The highest BCUT2D eigenvalue weighted by Gasteiger charge is 2.20. The highest BCUT2D eigenvalue weighted by atomic mass is 17.2. The van der Waals surface area contributed by atoms with E-state index in [9.17, 15) is 14.4 Å². The zero-order valence-corrected chi connectivity index (χ0v) is 14.2. The van der Waals surface area contributed by atoms with Gasteiger partial charge in [-0.3, -0.25) is 0 Å². The predicted octanol–water partition coefficient (Wildman–Crippen LogP) is 3.93. The molecular weight excluding hydrogens is 340 g/mol. The predicted molar refractivity (Wildman–Crippen MR) is 90.6 cm³/mol. The van der Waals surface area contributed by atoms with Gasteiger partial charge in [-0.2, -0.15) is 0 Å². The summed E-state index contributed by atoms with van der Waals surface area (Å²) in [5.41, 5.74) is 0.144. The summed E-state index contributed by atoms with van der Waals surface area (Å²) in [6.45, 7) is 2.17. The van der Waals surface area contributed by atoms with Crippen molar-refractivity contribution in [2.75, 3.05) is 6.61 Å². The van der Waals surface area contributed by atoms with Crippen molar-refractivity contribution in [1.82, 2.24) is 0 Å². The first-order valence-electron chi connectivity index (χ1n) is 8.03. The van der Waals surface area contributed by atoms with Gasteiger partial charge < -0.3 is 9.47 Å². The van der Waals surface area contributed by atoms with E-state index in [0.29, 0.717) is 6.42 Å². The van der Waals surface area contributed by atoms with Crippen LogP contribution in [-0.2, 0) is 14.5 Å². The smallest absolute Gasteiger partial charge is 0.434 e. The summed E-state index contributed by atoms with van der Waals surface area (Å²) in [4.78, 5) is 44.6. The molecule has 0 radical (unpaired) electrons. The highest BCUT2D eigenvalue weighted by molar-refractivity contribution is 5.94. The second-order valence-electron chi connectivity index (χ2n) is 5.16. The molecule has 0 amide bonds. The Labute approximate surface area is 150 Å². The Kier molecular flexibility index (Phi) is 7.17. The van der Waals surface area contributed by atoms with Gasteiger partial charge in [-0.1, -0.05) is 43.7 Å². The molecule has 0 fully saturated rings. The molecule has 0 saturated heterocycles. The minimum absolute atomic E-state index is 0.0604. The summed E-state index contributed by atoms with van der Waals surface area (Å²) in [5.74, 6) is -1.86. The molecular formula is C19H18O7. The molecule has 0 unspecified atom stereocenters. The van der Waals surface area contributed by atoms with Crippen LogP contribution < -0.4 is 4.74 Å². The van der Waals surface area contributed by atoms with E-state index in [0.717, 1.165) is 6.42 Å². The van der Waals surface area contributed by atoms with Gasteiger partial charge in [-0.05, 0) is 30.7 Å². The second-order valence-corrected chi connectivity index (χ2v) is 5.16.